The van der Waals surface area contributed by atoms with E-state index in [2.05, 4.69) is 74.6 Å². The lowest BCUT2D eigenvalue weighted by atomic mass is 9.95. The molecule has 0 aliphatic rings. The van der Waals surface area contributed by atoms with E-state index in [0.29, 0.717) is 6.04 Å². The topological polar surface area (TPSA) is 12.0 Å². The first-order valence-corrected chi connectivity index (χ1v) is 6.61. The van der Waals surface area contributed by atoms with Crippen LogP contribution in [0.1, 0.15) is 31.0 Å². The molecule has 0 fully saturated rings. The summed E-state index contributed by atoms with van der Waals surface area (Å²) in [5, 5.41) is 3.49. The van der Waals surface area contributed by atoms with Crippen LogP contribution in [0, 0.1) is 6.92 Å². The van der Waals surface area contributed by atoms with Gasteiger partial charge in [0.25, 0.3) is 0 Å². The second-order valence-electron chi connectivity index (χ2n) is 4.74. The number of hydrogen-bond acceptors (Lipinski definition) is 1. The van der Waals surface area contributed by atoms with Crippen LogP contribution in [0.4, 0.5) is 0 Å². The van der Waals surface area contributed by atoms with E-state index in [9.17, 15) is 0 Å². The zero-order valence-corrected chi connectivity index (χ0v) is 11.4. The number of benzene rings is 2. The van der Waals surface area contributed by atoms with Crippen molar-refractivity contribution in [2.75, 3.05) is 6.54 Å². The molecule has 1 N–H and O–H groups in total. The van der Waals surface area contributed by atoms with Gasteiger partial charge in [-0.1, -0.05) is 61.0 Å². The van der Waals surface area contributed by atoms with E-state index in [-0.39, 0.29) is 0 Å². The minimum atomic E-state index is 0.381. The molecule has 0 heterocycles. The third-order valence-electron chi connectivity index (χ3n) is 3.27. The Morgan fingerprint density at radius 1 is 1.06 bits per heavy atom. The fourth-order valence-corrected chi connectivity index (χ4v) is 2.37. The van der Waals surface area contributed by atoms with Gasteiger partial charge in [-0.3, -0.25) is 0 Å². The van der Waals surface area contributed by atoms with Crippen molar-refractivity contribution < 1.29 is 0 Å². The average molecular weight is 239 g/mol. The van der Waals surface area contributed by atoms with E-state index < -0.39 is 0 Å². The van der Waals surface area contributed by atoms with Crippen LogP contribution in [-0.4, -0.2) is 6.54 Å². The van der Waals surface area contributed by atoms with Crippen molar-refractivity contribution in [3.8, 4) is 11.1 Å². The van der Waals surface area contributed by atoms with Crippen molar-refractivity contribution in [2.45, 2.75) is 26.8 Å². The molecule has 1 atom stereocenters. The fourth-order valence-electron chi connectivity index (χ4n) is 2.37. The molecule has 0 bridgehead atoms. The summed E-state index contributed by atoms with van der Waals surface area (Å²) in [6, 6.07) is 17.7. The Kier molecular flexibility index (Phi) is 4.16. The SMILES string of the molecule is CCNC(C)c1ccccc1-c1cccc(C)c1. The van der Waals surface area contributed by atoms with Crippen molar-refractivity contribution >= 4 is 0 Å². The number of rotatable bonds is 4. The van der Waals surface area contributed by atoms with Crippen LogP contribution in [0.25, 0.3) is 11.1 Å². The summed E-state index contributed by atoms with van der Waals surface area (Å²) in [6.45, 7) is 7.49. The van der Waals surface area contributed by atoms with Crippen LogP contribution in [0.5, 0.6) is 0 Å². The lowest BCUT2D eigenvalue weighted by Crippen LogP contribution is -2.18. The Hall–Kier alpha value is -1.60. The summed E-state index contributed by atoms with van der Waals surface area (Å²) >= 11 is 0. The van der Waals surface area contributed by atoms with Crippen molar-refractivity contribution in [1.82, 2.24) is 5.32 Å². The van der Waals surface area contributed by atoms with Gasteiger partial charge < -0.3 is 5.32 Å². The minimum Gasteiger partial charge on any atom is -0.310 e. The molecule has 2 rings (SSSR count). The summed E-state index contributed by atoms with van der Waals surface area (Å²) in [7, 11) is 0. The Labute approximate surface area is 110 Å². The van der Waals surface area contributed by atoms with E-state index in [0.717, 1.165) is 6.54 Å². The van der Waals surface area contributed by atoms with Crippen molar-refractivity contribution in [1.29, 1.82) is 0 Å². The number of nitrogens with one attached hydrogen (secondary N) is 1. The van der Waals surface area contributed by atoms with Gasteiger partial charge in [0.2, 0.25) is 0 Å². The normalized spacial score (nSPS) is 12.4. The molecule has 0 aromatic heterocycles. The van der Waals surface area contributed by atoms with Gasteiger partial charge in [0.05, 0.1) is 0 Å². The molecular weight excluding hydrogens is 218 g/mol. The van der Waals surface area contributed by atoms with E-state index in [4.69, 9.17) is 0 Å². The molecule has 0 saturated heterocycles. The standard InChI is InChI=1S/C17H21N/c1-4-18-14(3)16-10-5-6-11-17(16)15-9-7-8-13(2)12-15/h5-12,14,18H,4H2,1-3H3. The zero-order valence-electron chi connectivity index (χ0n) is 11.4. The molecule has 0 spiro atoms. The molecule has 0 aliphatic carbocycles. The summed E-state index contributed by atoms with van der Waals surface area (Å²) < 4.78 is 0. The van der Waals surface area contributed by atoms with Crippen LogP contribution < -0.4 is 5.32 Å². The molecule has 1 heteroatoms. The van der Waals surface area contributed by atoms with Gasteiger partial charge in [-0.25, -0.2) is 0 Å². The Morgan fingerprint density at radius 3 is 2.56 bits per heavy atom. The van der Waals surface area contributed by atoms with Gasteiger partial charge in [-0.2, -0.15) is 0 Å². The first kappa shape index (κ1) is 12.8. The monoisotopic (exact) mass is 239 g/mol. The maximum Gasteiger partial charge on any atom is 0.0297 e. The predicted molar refractivity (Wildman–Crippen MR) is 78.7 cm³/mol. The van der Waals surface area contributed by atoms with Crippen LogP contribution in [0.2, 0.25) is 0 Å². The van der Waals surface area contributed by atoms with Gasteiger partial charge in [-0.05, 0) is 37.1 Å². The largest absolute Gasteiger partial charge is 0.310 e. The molecule has 0 saturated carbocycles. The smallest absolute Gasteiger partial charge is 0.0297 e. The van der Waals surface area contributed by atoms with Crippen LogP contribution in [0.15, 0.2) is 48.5 Å². The highest BCUT2D eigenvalue weighted by Crippen LogP contribution is 2.28. The Bertz CT molecular complexity index is 517. The van der Waals surface area contributed by atoms with E-state index in [1.807, 2.05) is 0 Å². The first-order chi connectivity index (χ1) is 8.72. The van der Waals surface area contributed by atoms with Crippen LogP contribution in [0.3, 0.4) is 0 Å². The Morgan fingerprint density at radius 2 is 1.83 bits per heavy atom. The number of aryl methyl sites for hydroxylation is 1. The molecule has 94 valence electrons. The third-order valence-corrected chi connectivity index (χ3v) is 3.27. The molecule has 2 aromatic rings. The lowest BCUT2D eigenvalue weighted by molar-refractivity contribution is 0.599. The first-order valence-electron chi connectivity index (χ1n) is 6.61. The minimum absolute atomic E-state index is 0.381. The molecule has 1 nitrogen and oxygen atoms in total. The average Bonchev–Trinajstić information content (AvgIpc) is 2.39. The maximum absolute atomic E-state index is 3.49. The quantitative estimate of drug-likeness (QED) is 0.837. The second-order valence-corrected chi connectivity index (χ2v) is 4.74. The molecule has 2 aromatic carbocycles. The van der Waals surface area contributed by atoms with Gasteiger partial charge in [0.15, 0.2) is 0 Å². The molecule has 0 amide bonds. The van der Waals surface area contributed by atoms with E-state index >= 15 is 0 Å². The lowest BCUT2D eigenvalue weighted by Gasteiger charge is -2.17. The molecule has 18 heavy (non-hydrogen) atoms. The summed E-state index contributed by atoms with van der Waals surface area (Å²) in [5.74, 6) is 0. The third kappa shape index (κ3) is 2.80. The Balaban J connectivity index is 2.44. The van der Waals surface area contributed by atoms with Gasteiger partial charge >= 0.3 is 0 Å². The van der Waals surface area contributed by atoms with Gasteiger partial charge in [0, 0.05) is 6.04 Å². The van der Waals surface area contributed by atoms with Crippen LogP contribution in [-0.2, 0) is 0 Å². The molecule has 1 unspecified atom stereocenters. The van der Waals surface area contributed by atoms with Crippen LogP contribution >= 0.6 is 0 Å². The molecule has 0 aliphatic heterocycles. The number of hydrogen-bond donors (Lipinski definition) is 1. The second kappa shape index (κ2) is 5.83. The highest BCUT2D eigenvalue weighted by Gasteiger charge is 2.10. The molecular formula is C17H21N. The summed E-state index contributed by atoms with van der Waals surface area (Å²) in [6.07, 6.45) is 0. The summed E-state index contributed by atoms with van der Waals surface area (Å²) in [4.78, 5) is 0. The zero-order chi connectivity index (χ0) is 13.0. The molecule has 0 radical (unpaired) electrons. The van der Waals surface area contributed by atoms with Gasteiger partial charge in [0.1, 0.15) is 0 Å². The fraction of sp³-hybridized carbons (Fsp3) is 0.294. The van der Waals surface area contributed by atoms with Crippen molar-refractivity contribution in [3.63, 3.8) is 0 Å². The summed E-state index contributed by atoms with van der Waals surface area (Å²) in [5.41, 5.74) is 5.30. The van der Waals surface area contributed by atoms with Gasteiger partial charge in [-0.15, -0.1) is 0 Å². The van der Waals surface area contributed by atoms with E-state index in [1.165, 1.54) is 22.3 Å². The predicted octanol–water partition coefficient (Wildman–Crippen LogP) is 4.33. The maximum atomic E-state index is 3.49. The van der Waals surface area contributed by atoms with E-state index in [1.54, 1.807) is 0 Å². The highest BCUT2D eigenvalue weighted by molar-refractivity contribution is 5.68. The van der Waals surface area contributed by atoms with Crippen molar-refractivity contribution in [3.05, 3.63) is 59.7 Å². The highest BCUT2D eigenvalue weighted by atomic mass is 14.9. The van der Waals surface area contributed by atoms with Crippen molar-refractivity contribution in [2.24, 2.45) is 0 Å².